The monoisotopic (exact) mass is 1840 g/mol. The van der Waals surface area contributed by atoms with Gasteiger partial charge in [-0.25, -0.2) is 15.0 Å². The third kappa shape index (κ3) is 38.4. The number of likely N-dealkylation sites (N-methyl/N-ethyl adjacent to an activating group) is 8. The SMILES string of the molecule is CC1CCN(C2CN(C)C2)CC1.CN1CC(N2CCCCC2)C1.CN1CC(N2CCCCC2)C1.CN1CCC(O)(Cc2ccccc2)CC1.CN1CCC(c2ncccn2)CC1.CN1CCN(CCN2CCCCC2)CC1.CN1CCN(c2ccccc2)CC1.CN1CCN(c2ccccn2)CC1.Cc1ccc(N2CCN(C)CC2)cc1.Cc1ccc(N2CCN(C)CC2)cc1Cl. The van der Waals surface area contributed by atoms with Crippen molar-refractivity contribution in [1.29, 1.82) is 0 Å². The molecule has 14 fully saturated rings. The number of aromatic nitrogens is 3. The van der Waals surface area contributed by atoms with Crippen LogP contribution in [0.25, 0.3) is 0 Å². The summed E-state index contributed by atoms with van der Waals surface area (Å²) in [5, 5.41) is 11.3. The van der Waals surface area contributed by atoms with Crippen molar-refractivity contribution in [1.82, 2.24) is 88.5 Å². The molecule has 736 valence electrons. The van der Waals surface area contributed by atoms with E-state index in [1.807, 2.05) is 61.9 Å². The van der Waals surface area contributed by atoms with Crippen LogP contribution in [0, 0.1) is 19.8 Å². The zero-order chi connectivity index (χ0) is 93.2. The lowest BCUT2D eigenvalue weighted by Crippen LogP contribution is -2.59. The molecule has 14 saturated heterocycles. The molecular formula is C108H181ClN22O. The van der Waals surface area contributed by atoms with Crippen LogP contribution in [0.1, 0.15) is 132 Å². The van der Waals surface area contributed by atoms with Gasteiger partial charge in [0.25, 0.3) is 0 Å². The quantitative estimate of drug-likeness (QED) is 0.118. The van der Waals surface area contributed by atoms with Gasteiger partial charge in [-0.3, -0.25) is 19.6 Å². The Hall–Kier alpha value is -6.04. The molecule has 20 rings (SSSR count). The molecule has 0 atom stereocenters. The Kier molecular flexibility index (Phi) is 46.7. The van der Waals surface area contributed by atoms with E-state index in [2.05, 4.69) is 283 Å². The lowest BCUT2D eigenvalue weighted by molar-refractivity contribution is -0.0150. The Bertz CT molecular complexity index is 3750. The molecule has 24 heteroatoms. The minimum Gasteiger partial charge on any atom is -0.389 e. The third-order valence-corrected chi connectivity index (χ3v) is 30.5. The summed E-state index contributed by atoms with van der Waals surface area (Å²) in [6.45, 7) is 55.4. The van der Waals surface area contributed by atoms with Crippen molar-refractivity contribution in [2.75, 3.05) is 352 Å². The van der Waals surface area contributed by atoms with Gasteiger partial charge in [-0.1, -0.05) is 116 Å². The number of likely N-dealkylation sites (tertiary alicyclic amines) is 9. The van der Waals surface area contributed by atoms with E-state index in [0.29, 0.717) is 5.92 Å². The van der Waals surface area contributed by atoms with E-state index in [4.69, 9.17) is 11.6 Å². The summed E-state index contributed by atoms with van der Waals surface area (Å²) in [7, 11) is 21.8. The first-order valence-corrected chi connectivity index (χ1v) is 52.2. The molecule has 0 unspecified atom stereocenters. The molecule has 0 amide bonds. The van der Waals surface area contributed by atoms with Gasteiger partial charge >= 0.3 is 0 Å². The van der Waals surface area contributed by atoms with Crippen LogP contribution in [0.3, 0.4) is 0 Å². The summed E-state index contributed by atoms with van der Waals surface area (Å²) in [5.74, 6) is 3.68. The van der Waals surface area contributed by atoms with Gasteiger partial charge in [0.15, 0.2) is 0 Å². The van der Waals surface area contributed by atoms with Crippen molar-refractivity contribution in [3.05, 3.63) is 174 Å². The largest absolute Gasteiger partial charge is 0.389 e. The van der Waals surface area contributed by atoms with Gasteiger partial charge in [0, 0.05) is 267 Å². The van der Waals surface area contributed by atoms with Gasteiger partial charge < -0.3 is 78.6 Å². The maximum atomic E-state index is 10.4. The molecular weight excluding hydrogens is 1660 g/mol. The van der Waals surface area contributed by atoms with Crippen LogP contribution < -0.4 is 19.6 Å². The number of para-hydroxylation sites is 1. The number of anilines is 4. The van der Waals surface area contributed by atoms with Gasteiger partial charge in [-0.05, 0) is 298 Å². The van der Waals surface area contributed by atoms with Crippen molar-refractivity contribution in [3.63, 3.8) is 0 Å². The standard InChI is InChI=1S/C13H19NO.C12H17ClN2.C12H25N3.C12H18N2.C11H16N2.2C10H15N3.C10H20N2.2C9H18N2/c1-14-9-7-13(15,8-10-14)11-12-5-3-2-4-6-12;1-10-3-4-11(9-12(10)13)15-7-5-14(2)6-8-15;1-13-7-9-15(10-8-13)12-11-14-5-3-2-4-6-14;1-11-3-5-12(6-4-11)14-9-7-13(2)8-10-14;1-12-7-9-13(10-8-12)11-5-3-2-4-6-11;1-13-7-3-9(4-8-13)10-11-5-2-6-12-10;1-12-6-8-13(9-7-12)10-4-2-3-5-11-10;1-9-3-5-12(6-4-9)10-7-11(2)8-10;2*1-10-7-9(8-10)11-5-3-2-4-6-11/h2-6,15H,7-11H2,1H3;3-4,9H,5-8H2,1-2H3;2-12H2,1H3;3-6H,7-10H2,1-2H3;2-6H,7-10H2,1H3;2,5-6,9H,3-4,7-8H2,1H3;2-5H,6-9H2,1H3;9-10H,3-8H2,1-2H3;2*9H,2-8H2,1H3. The number of aliphatic hydroxyl groups is 1. The second-order valence-corrected chi connectivity index (χ2v) is 41.8. The zero-order valence-electron chi connectivity index (χ0n) is 85.0. The van der Waals surface area contributed by atoms with Crippen LogP contribution in [0.4, 0.5) is 22.9 Å². The van der Waals surface area contributed by atoms with Gasteiger partial charge in [0.1, 0.15) is 11.6 Å². The Morgan fingerprint density at radius 2 is 0.689 bits per heavy atom. The Morgan fingerprint density at radius 1 is 0.326 bits per heavy atom. The number of piperidine rings is 6. The molecule has 6 aromatic rings. The zero-order valence-corrected chi connectivity index (χ0v) is 85.8. The number of piperazine rings is 5. The first-order valence-electron chi connectivity index (χ1n) is 51.8. The van der Waals surface area contributed by atoms with E-state index in [1.165, 1.54) is 282 Å². The smallest absolute Gasteiger partial charge is 0.131 e. The number of nitrogens with zero attached hydrogens (tertiary/aromatic N) is 22. The molecule has 2 aromatic heterocycles. The van der Waals surface area contributed by atoms with Crippen molar-refractivity contribution >= 4 is 34.5 Å². The highest BCUT2D eigenvalue weighted by molar-refractivity contribution is 6.31. The molecule has 14 aliphatic heterocycles. The highest BCUT2D eigenvalue weighted by Gasteiger charge is 2.35. The third-order valence-electron chi connectivity index (χ3n) is 30.1. The van der Waals surface area contributed by atoms with Crippen LogP contribution in [-0.2, 0) is 6.42 Å². The molecule has 4 aromatic carbocycles. The second kappa shape index (κ2) is 58.0. The minimum atomic E-state index is -0.478. The molecule has 0 spiro atoms. The summed E-state index contributed by atoms with van der Waals surface area (Å²) in [6, 6.07) is 46.7. The van der Waals surface area contributed by atoms with Crippen LogP contribution >= 0.6 is 11.6 Å². The Labute approximate surface area is 807 Å². The summed E-state index contributed by atoms with van der Waals surface area (Å²) >= 11 is 6.12. The van der Waals surface area contributed by atoms with Crippen molar-refractivity contribution in [3.8, 4) is 0 Å². The molecule has 16 heterocycles. The predicted octanol–water partition coefficient (Wildman–Crippen LogP) is 12.7. The topological polar surface area (TPSA) is 120 Å². The fourth-order valence-corrected chi connectivity index (χ4v) is 20.3. The van der Waals surface area contributed by atoms with Crippen molar-refractivity contribution < 1.29 is 5.11 Å². The predicted molar refractivity (Wildman–Crippen MR) is 559 cm³/mol. The number of rotatable bonds is 13. The van der Waals surface area contributed by atoms with Crippen LogP contribution in [-0.4, -0.2) is 450 Å². The summed E-state index contributed by atoms with van der Waals surface area (Å²) in [4.78, 5) is 59.6. The summed E-state index contributed by atoms with van der Waals surface area (Å²) in [5.41, 5.74) is 7.22. The number of hydrogen-bond donors (Lipinski definition) is 1. The highest BCUT2D eigenvalue weighted by Crippen LogP contribution is 2.30. The van der Waals surface area contributed by atoms with E-state index in [1.54, 1.807) is 0 Å². The van der Waals surface area contributed by atoms with Gasteiger partial charge in [0.05, 0.1) is 5.60 Å². The number of hydrogen-bond acceptors (Lipinski definition) is 23. The lowest BCUT2D eigenvalue weighted by atomic mass is 9.85. The first-order chi connectivity index (χ1) is 64.0. The summed E-state index contributed by atoms with van der Waals surface area (Å²) in [6.07, 6.45) is 26.2. The van der Waals surface area contributed by atoms with E-state index in [9.17, 15) is 5.11 Å². The number of halogens is 1. The normalized spacial score (nSPS) is 23.1. The van der Waals surface area contributed by atoms with E-state index < -0.39 is 5.60 Å². The molecule has 0 radical (unpaired) electrons. The molecule has 132 heavy (non-hydrogen) atoms. The summed E-state index contributed by atoms with van der Waals surface area (Å²) < 4.78 is 0. The average molecular weight is 1840 g/mol. The number of pyridine rings is 1. The minimum absolute atomic E-state index is 0.478. The van der Waals surface area contributed by atoms with E-state index in [-0.39, 0.29) is 0 Å². The molecule has 0 bridgehead atoms. The van der Waals surface area contributed by atoms with Crippen LogP contribution in [0.2, 0.25) is 5.02 Å². The Balaban J connectivity index is 0.000000142. The van der Waals surface area contributed by atoms with Gasteiger partial charge in [0.2, 0.25) is 0 Å². The van der Waals surface area contributed by atoms with Crippen molar-refractivity contribution in [2.24, 2.45) is 5.92 Å². The fourth-order valence-electron chi connectivity index (χ4n) is 20.1. The highest BCUT2D eigenvalue weighted by atomic mass is 35.5. The second-order valence-electron chi connectivity index (χ2n) is 41.4. The maximum Gasteiger partial charge on any atom is 0.131 e. The van der Waals surface area contributed by atoms with Gasteiger partial charge in [-0.15, -0.1) is 0 Å². The number of aryl methyl sites for hydroxylation is 2. The first kappa shape index (κ1) is 106. The van der Waals surface area contributed by atoms with E-state index >= 15 is 0 Å². The van der Waals surface area contributed by atoms with Crippen molar-refractivity contribution in [2.45, 2.75) is 153 Å². The van der Waals surface area contributed by atoms with E-state index in [0.717, 1.165) is 157 Å². The molecule has 14 aliphatic rings. The number of benzene rings is 4. The molecule has 23 nitrogen and oxygen atoms in total. The maximum absolute atomic E-state index is 10.4. The van der Waals surface area contributed by atoms with Crippen LogP contribution in [0.15, 0.2) is 146 Å². The fraction of sp³-hybridized carbons (Fsp3) is 0.694. The molecule has 0 saturated carbocycles. The lowest BCUT2D eigenvalue weighted by Gasteiger charge is -2.46. The van der Waals surface area contributed by atoms with Crippen LogP contribution in [0.5, 0.6) is 0 Å². The Morgan fingerprint density at radius 3 is 1.12 bits per heavy atom. The molecule has 1 N–H and O–H groups in total. The molecule has 0 aliphatic carbocycles. The average Bonchev–Trinajstić information content (AvgIpc) is 0.834. The van der Waals surface area contributed by atoms with Gasteiger partial charge in [-0.2, -0.15) is 0 Å².